The molecule has 1 aromatic carbocycles. The number of nitrogens with zero attached hydrogens (tertiary/aromatic N) is 2. The molecule has 6 nitrogen and oxygen atoms in total. The third-order valence-electron chi connectivity index (χ3n) is 2.33. The van der Waals surface area contributed by atoms with Crippen LogP contribution in [0.3, 0.4) is 0 Å². The van der Waals surface area contributed by atoms with E-state index in [0.29, 0.717) is 6.07 Å². The minimum absolute atomic E-state index is 0.00192. The molecule has 100 valence electrons. The highest BCUT2D eigenvalue weighted by Crippen LogP contribution is 2.36. The lowest BCUT2D eigenvalue weighted by Gasteiger charge is -2.07. The Hall–Kier alpha value is -2.58. The van der Waals surface area contributed by atoms with Gasteiger partial charge in [-0.3, -0.25) is 10.1 Å². The zero-order chi connectivity index (χ0) is 14.2. The molecule has 0 fully saturated rings. The maximum atomic E-state index is 12.5. The Labute approximate surface area is 103 Å². The normalized spacial score (nSPS) is 11.5. The molecule has 19 heavy (non-hydrogen) atoms. The fraction of sp³-hybridized carbons (Fsp3) is 0.100. The molecule has 0 aliphatic rings. The van der Waals surface area contributed by atoms with Crippen molar-refractivity contribution in [3.05, 3.63) is 39.9 Å². The molecule has 2 aromatic rings. The maximum absolute atomic E-state index is 12.5. The van der Waals surface area contributed by atoms with Crippen LogP contribution in [0, 0.1) is 10.1 Å². The van der Waals surface area contributed by atoms with Gasteiger partial charge in [-0.05, 0) is 12.1 Å². The van der Waals surface area contributed by atoms with E-state index in [9.17, 15) is 23.3 Å². The summed E-state index contributed by atoms with van der Waals surface area (Å²) in [6.45, 7) is 0. The maximum Gasteiger partial charge on any atom is 0.416 e. The Morgan fingerprint density at radius 2 is 2.00 bits per heavy atom. The molecule has 0 saturated heterocycles. The van der Waals surface area contributed by atoms with E-state index in [1.807, 2.05) is 0 Å². The van der Waals surface area contributed by atoms with E-state index in [1.54, 1.807) is 0 Å². The van der Waals surface area contributed by atoms with E-state index in [1.165, 1.54) is 6.07 Å². The topological polar surface area (TPSA) is 95.2 Å². The summed E-state index contributed by atoms with van der Waals surface area (Å²) in [4.78, 5) is 9.91. The van der Waals surface area contributed by atoms with Gasteiger partial charge in [0.25, 0.3) is 5.69 Å². The largest absolute Gasteiger partial charge is 0.416 e. The van der Waals surface area contributed by atoms with Gasteiger partial charge >= 0.3 is 6.18 Å². The van der Waals surface area contributed by atoms with Gasteiger partial charge in [0.05, 0.1) is 16.1 Å². The zero-order valence-corrected chi connectivity index (χ0v) is 9.14. The minimum atomic E-state index is -4.66. The van der Waals surface area contributed by atoms with Crippen LogP contribution >= 0.6 is 0 Å². The first-order valence-electron chi connectivity index (χ1n) is 4.87. The molecule has 0 aliphatic heterocycles. The van der Waals surface area contributed by atoms with Crippen LogP contribution in [0.1, 0.15) is 5.56 Å². The van der Waals surface area contributed by atoms with Gasteiger partial charge < -0.3 is 10.3 Å². The standard InChI is InChI=1S/C10H6F3N3O3/c11-10(12,13)5-1-2-6(8(3-5)16(17)18)7-4-9(14)19-15-7/h1-4H,14H2. The van der Waals surface area contributed by atoms with Crippen LogP contribution in [0.2, 0.25) is 0 Å². The fourth-order valence-electron chi connectivity index (χ4n) is 1.49. The van der Waals surface area contributed by atoms with Crippen LogP contribution < -0.4 is 5.73 Å². The van der Waals surface area contributed by atoms with Crippen molar-refractivity contribution in [3.63, 3.8) is 0 Å². The minimum Gasteiger partial charge on any atom is -0.368 e. The van der Waals surface area contributed by atoms with Crippen molar-refractivity contribution in [1.82, 2.24) is 5.16 Å². The summed E-state index contributed by atoms with van der Waals surface area (Å²) in [5, 5.41) is 14.3. The van der Waals surface area contributed by atoms with Gasteiger partial charge in [0.2, 0.25) is 5.88 Å². The molecule has 0 atom stereocenters. The number of nitrogen functional groups attached to an aromatic ring is 1. The van der Waals surface area contributed by atoms with Crippen molar-refractivity contribution in [2.45, 2.75) is 6.18 Å². The summed E-state index contributed by atoms with van der Waals surface area (Å²) < 4.78 is 42.0. The highest BCUT2D eigenvalue weighted by molar-refractivity contribution is 5.72. The lowest BCUT2D eigenvalue weighted by molar-refractivity contribution is -0.384. The smallest absolute Gasteiger partial charge is 0.368 e. The van der Waals surface area contributed by atoms with E-state index >= 15 is 0 Å². The van der Waals surface area contributed by atoms with Crippen molar-refractivity contribution in [3.8, 4) is 11.3 Å². The number of nitrogens with two attached hydrogens (primary N) is 1. The number of nitro benzene ring substituents is 1. The Morgan fingerprint density at radius 3 is 2.47 bits per heavy atom. The van der Waals surface area contributed by atoms with Gasteiger partial charge in [0.1, 0.15) is 5.69 Å². The van der Waals surface area contributed by atoms with Gasteiger partial charge in [0.15, 0.2) is 0 Å². The highest BCUT2D eigenvalue weighted by atomic mass is 19.4. The molecule has 2 N–H and O–H groups in total. The highest BCUT2D eigenvalue weighted by Gasteiger charge is 2.33. The SMILES string of the molecule is Nc1cc(-c2ccc(C(F)(F)F)cc2[N+](=O)[O-])no1. The number of halogens is 3. The molecule has 0 saturated carbocycles. The van der Waals surface area contributed by atoms with Crippen LogP contribution in [0.4, 0.5) is 24.7 Å². The van der Waals surface area contributed by atoms with E-state index in [-0.39, 0.29) is 17.1 Å². The number of alkyl halides is 3. The zero-order valence-electron chi connectivity index (χ0n) is 9.14. The van der Waals surface area contributed by atoms with Crippen molar-refractivity contribution in [1.29, 1.82) is 0 Å². The second-order valence-electron chi connectivity index (χ2n) is 3.60. The Kier molecular flexibility index (Phi) is 2.89. The van der Waals surface area contributed by atoms with Crippen LogP contribution in [0.5, 0.6) is 0 Å². The number of anilines is 1. The summed E-state index contributed by atoms with van der Waals surface area (Å²) >= 11 is 0. The first kappa shape index (κ1) is 12.9. The molecule has 0 bridgehead atoms. The summed E-state index contributed by atoms with van der Waals surface area (Å²) in [6, 6.07) is 3.32. The quantitative estimate of drug-likeness (QED) is 0.670. The number of hydrogen-bond acceptors (Lipinski definition) is 5. The molecular weight excluding hydrogens is 267 g/mol. The van der Waals surface area contributed by atoms with Gasteiger partial charge in [-0.15, -0.1) is 0 Å². The average molecular weight is 273 g/mol. The number of rotatable bonds is 2. The summed E-state index contributed by atoms with van der Waals surface area (Å²) in [7, 11) is 0. The first-order valence-corrected chi connectivity index (χ1v) is 4.87. The molecular formula is C10H6F3N3O3. The second kappa shape index (κ2) is 4.26. The van der Waals surface area contributed by atoms with Crippen LogP contribution in [-0.4, -0.2) is 10.1 Å². The molecule has 0 unspecified atom stereocenters. The number of benzene rings is 1. The van der Waals surface area contributed by atoms with Crippen LogP contribution in [0.25, 0.3) is 11.3 Å². The van der Waals surface area contributed by atoms with E-state index < -0.39 is 22.4 Å². The molecule has 0 amide bonds. The molecule has 0 spiro atoms. The molecule has 1 heterocycles. The lowest BCUT2D eigenvalue weighted by atomic mass is 10.1. The van der Waals surface area contributed by atoms with E-state index in [0.717, 1.165) is 12.1 Å². The number of nitro groups is 1. The molecule has 0 aliphatic carbocycles. The molecule has 2 rings (SSSR count). The summed E-state index contributed by atoms with van der Waals surface area (Å²) in [5.74, 6) is -0.0933. The van der Waals surface area contributed by atoms with Gasteiger partial charge in [-0.1, -0.05) is 5.16 Å². The van der Waals surface area contributed by atoms with E-state index in [2.05, 4.69) is 9.68 Å². The molecule has 9 heteroatoms. The van der Waals surface area contributed by atoms with Gasteiger partial charge in [-0.2, -0.15) is 13.2 Å². The van der Waals surface area contributed by atoms with Crippen LogP contribution in [-0.2, 0) is 6.18 Å². The fourth-order valence-corrected chi connectivity index (χ4v) is 1.49. The molecule has 1 aromatic heterocycles. The van der Waals surface area contributed by atoms with E-state index in [4.69, 9.17) is 5.73 Å². The van der Waals surface area contributed by atoms with Crippen molar-refractivity contribution in [2.24, 2.45) is 0 Å². The molecule has 0 radical (unpaired) electrons. The Balaban J connectivity index is 2.60. The van der Waals surface area contributed by atoms with Crippen molar-refractivity contribution < 1.29 is 22.6 Å². The van der Waals surface area contributed by atoms with Gasteiger partial charge in [0, 0.05) is 12.1 Å². The third kappa shape index (κ3) is 2.49. The Bertz CT molecular complexity index is 636. The number of hydrogen-bond donors (Lipinski definition) is 1. The number of aromatic nitrogens is 1. The van der Waals surface area contributed by atoms with Gasteiger partial charge in [-0.25, -0.2) is 0 Å². The first-order chi connectivity index (χ1) is 8.79. The monoisotopic (exact) mass is 273 g/mol. The summed E-state index contributed by atoms with van der Waals surface area (Å²) in [6.07, 6.45) is -4.66. The van der Waals surface area contributed by atoms with Crippen molar-refractivity contribution in [2.75, 3.05) is 5.73 Å². The van der Waals surface area contributed by atoms with Crippen molar-refractivity contribution >= 4 is 11.6 Å². The average Bonchev–Trinajstić information content (AvgIpc) is 2.73. The predicted octanol–water partition coefficient (Wildman–Crippen LogP) is 2.85. The summed E-state index contributed by atoms with van der Waals surface area (Å²) in [5.41, 5.74) is 3.33. The third-order valence-corrected chi connectivity index (χ3v) is 2.33. The predicted molar refractivity (Wildman–Crippen MR) is 58.0 cm³/mol. The Morgan fingerprint density at radius 1 is 1.32 bits per heavy atom. The van der Waals surface area contributed by atoms with Crippen LogP contribution in [0.15, 0.2) is 28.8 Å². The lowest BCUT2D eigenvalue weighted by Crippen LogP contribution is -2.06. The second-order valence-corrected chi connectivity index (χ2v) is 3.60.